The van der Waals surface area contributed by atoms with Crippen LogP contribution >= 0.6 is 23.3 Å². The first-order chi connectivity index (χ1) is 14.8. The second-order valence-corrected chi connectivity index (χ2v) is 7.67. The lowest BCUT2D eigenvalue weighted by Gasteiger charge is -2.10. The molecule has 3 aromatic rings. The van der Waals surface area contributed by atoms with Gasteiger partial charge in [-0.05, 0) is 43.6 Å². The number of hydrogen-bond donors (Lipinski definition) is 0. The van der Waals surface area contributed by atoms with Gasteiger partial charge >= 0.3 is 18.1 Å². The number of ether oxygens (including phenoxy) is 2. The molecule has 0 saturated heterocycles. The summed E-state index contributed by atoms with van der Waals surface area (Å²) in [5, 5.41) is 11.4. The molecule has 14 heteroatoms. The van der Waals surface area contributed by atoms with Crippen LogP contribution in [0.1, 0.15) is 40.4 Å². The Kier molecular flexibility index (Phi) is 6.90. The number of carbonyl (C=O) groups excluding carboxylic acids is 2. The topological polar surface area (TPSA) is 109 Å². The van der Waals surface area contributed by atoms with Crippen LogP contribution in [0.3, 0.4) is 0 Å². The van der Waals surface area contributed by atoms with E-state index in [9.17, 15) is 22.8 Å². The molecule has 0 amide bonds. The van der Waals surface area contributed by atoms with Gasteiger partial charge in [-0.2, -0.15) is 13.2 Å². The molecule has 0 aliphatic carbocycles. The van der Waals surface area contributed by atoms with Crippen LogP contribution in [0.2, 0.25) is 0 Å². The molecule has 3 rings (SSSR count). The van der Waals surface area contributed by atoms with Crippen molar-refractivity contribution in [2.45, 2.75) is 29.3 Å². The molecule has 0 spiro atoms. The summed E-state index contributed by atoms with van der Waals surface area (Å²) in [6.45, 7) is 3.37. The molecule has 2 heterocycles. The van der Waals surface area contributed by atoms with Crippen LogP contribution in [0.4, 0.5) is 13.2 Å². The molecule has 31 heavy (non-hydrogen) atoms. The molecule has 0 N–H and O–H groups in total. The van der Waals surface area contributed by atoms with Crippen molar-refractivity contribution in [1.82, 2.24) is 24.6 Å². The van der Waals surface area contributed by atoms with E-state index in [0.717, 1.165) is 40.1 Å². The Morgan fingerprint density at radius 1 is 1.10 bits per heavy atom. The van der Waals surface area contributed by atoms with Crippen molar-refractivity contribution in [2.75, 3.05) is 13.2 Å². The number of aromatic nitrogens is 5. The van der Waals surface area contributed by atoms with Gasteiger partial charge in [-0.3, -0.25) is 0 Å². The Bertz CT molecular complexity index is 1100. The molecule has 2 aromatic heterocycles. The van der Waals surface area contributed by atoms with Crippen LogP contribution < -0.4 is 0 Å². The zero-order valence-electron chi connectivity index (χ0n) is 16.0. The number of halogens is 3. The summed E-state index contributed by atoms with van der Waals surface area (Å²) in [5.74, 6) is -1.55. The maximum Gasteiger partial charge on any atom is 0.416 e. The number of esters is 2. The van der Waals surface area contributed by atoms with Crippen LogP contribution in [-0.4, -0.2) is 49.7 Å². The predicted octanol–water partition coefficient (Wildman–Crippen LogP) is 3.64. The number of benzene rings is 1. The van der Waals surface area contributed by atoms with Crippen molar-refractivity contribution in [2.24, 2.45) is 0 Å². The second kappa shape index (κ2) is 9.43. The lowest BCUT2D eigenvalue weighted by molar-refractivity contribution is -0.137. The maximum absolute atomic E-state index is 13.1. The summed E-state index contributed by atoms with van der Waals surface area (Å²) in [6, 6.07) is 4.35. The highest BCUT2D eigenvalue weighted by Crippen LogP contribution is 2.37. The summed E-state index contributed by atoms with van der Waals surface area (Å²) < 4.78 is 54.4. The Labute approximate surface area is 181 Å². The first kappa shape index (κ1) is 22.7. The smallest absolute Gasteiger partial charge is 0.416 e. The highest BCUT2D eigenvalue weighted by Gasteiger charge is 2.32. The molecule has 9 nitrogen and oxygen atoms in total. The van der Waals surface area contributed by atoms with Gasteiger partial charge in [0.25, 0.3) is 0 Å². The highest BCUT2D eigenvalue weighted by molar-refractivity contribution is 8.01. The average molecular weight is 473 g/mol. The van der Waals surface area contributed by atoms with Crippen molar-refractivity contribution in [3.63, 3.8) is 0 Å². The van der Waals surface area contributed by atoms with Crippen molar-refractivity contribution < 1.29 is 32.2 Å². The Balaban J connectivity index is 2.09. The van der Waals surface area contributed by atoms with E-state index in [0.29, 0.717) is 0 Å². The zero-order chi connectivity index (χ0) is 22.6. The van der Waals surface area contributed by atoms with E-state index < -0.39 is 23.7 Å². The van der Waals surface area contributed by atoms with Gasteiger partial charge in [-0.15, -0.1) is 10.2 Å². The van der Waals surface area contributed by atoms with Gasteiger partial charge in [0.15, 0.2) is 5.69 Å². The van der Waals surface area contributed by atoms with E-state index in [1.54, 1.807) is 13.8 Å². The quantitative estimate of drug-likeness (QED) is 0.475. The molecular weight excluding hydrogens is 459 g/mol. The van der Waals surface area contributed by atoms with Gasteiger partial charge in [0.05, 0.1) is 24.5 Å². The minimum Gasteiger partial charge on any atom is -0.461 e. The van der Waals surface area contributed by atoms with Crippen molar-refractivity contribution in [3.05, 3.63) is 41.2 Å². The van der Waals surface area contributed by atoms with Crippen LogP contribution in [0.25, 0.3) is 5.69 Å². The number of alkyl halides is 3. The zero-order valence-corrected chi connectivity index (χ0v) is 17.7. The van der Waals surface area contributed by atoms with E-state index in [4.69, 9.17) is 9.47 Å². The van der Waals surface area contributed by atoms with Gasteiger partial charge < -0.3 is 9.47 Å². The first-order valence-electron chi connectivity index (χ1n) is 8.74. The molecule has 0 unspecified atom stereocenters. The third kappa shape index (κ3) is 5.02. The third-order valence-corrected chi connectivity index (χ3v) is 5.57. The monoisotopic (exact) mass is 473 g/mol. The normalized spacial score (nSPS) is 11.4. The van der Waals surface area contributed by atoms with Gasteiger partial charge in [0.1, 0.15) is 9.24 Å². The largest absolute Gasteiger partial charge is 0.461 e. The molecule has 0 aliphatic heterocycles. The van der Waals surface area contributed by atoms with Crippen molar-refractivity contribution in [1.29, 1.82) is 0 Å². The summed E-state index contributed by atoms with van der Waals surface area (Å²) in [4.78, 5) is 24.4. The van der Waals surface area contributed by atoms with Gasteiger partial charge in [-0.1, -0.05) is 27.5 Å². The van der Waals surface area contributed by atoms with Crippen LogP contribution in [0.5, 0.6) is 0 Å². The first-order valence-corrected chi connectivity index (χ1v) is 10.3. The minimum atomic E-state index is -4.58. The van der Waals surface area contributed by atoms with Gasteiger partial charge in [-0.25, -0.2) is 14.3 Å². The summed E-state index contributed by atoms with van der Waals surface area (Å²) in [5.41, 5.74) is -1.22. The van der Waals surface area contributed by atoms with E-state index in [1.165, 1.54) is 12.1 Å². The lowest BCUT2D eigenvalue weighted by atomic mass is 10.2. The molecule has 0 atom stereocenters. The molecule has 0 radical (unpaired) electrons. The van der Waals surface area contributed by atoms with E-state index in [1.807, 2.05) is 0 Å². The molecule has 164 valence electrons. The summed E-state index contributed by atoms with van der Waals surface area (Å²) >= 11 is 1.69. The van der Waals surface area contributed by atoms with Crippen molar-refractivity contribution >= 4 is 35.2 Å². The SMILES string of the molecule is CCOC(=O)c1nnsc1Sc1c(C(=O)OCC)nnn1-c1cccc(C(F)(F)F)c1. The number of carbonyl (C=O) groups is 2. The molecule has 1 aromatic carbocycles. The number of rotatable bonds is 7. The molecule has 0 bridgehead atoms. The third-order valence-electron chi connectivity index (χ3n) is 3.63. The standard InChI is InChI=1S/C17H14F3N5O4S2/c1-3-28-14(26)11-13(30-16-12(22-24-31-16)15(27)29-4-2)25(23-21-11)10-7-5-6-9(8-10)17(18,19)20/h5-8H,3-4H2,1-2H3. The predicted molar refractivity (Wildman–Crippen MR) is 102 cm³/mol. The van der Waals surface area contributed by atoms with E-state index >= 15 is 0 Å². The number of nitrogens with zero attached hydrogens (tertiary/aromatic N) is 5. The fourth-order valence-electron chi connectivity index (χ4n) is 2.34. The van der Waals surface area contributed by atoms with Crippen LogP contribution in [-0.2, 0) is 15.7 Å². The van der Waals surface area contributed by atoms with Gasteiger partial charge in [0.2, 0.25) is 5.69 Å². The molecule has 0 fully saturated rings. The molecule has 0 aliphatic rings. The van der Waals surface area contributed by atoms with Crippen LogP contribution in [0.15, 0.2) is 33.5 Å². The molecular formula is C17H14F3N5O4S2. The lowest BCUT2D eigenvalue weighted by Crippen LogP contribution is -2.09. The average Bonchev–Trinajstić information content (AvgIpc) is 3.35. The summed E-state index contributed by atoms with van der Waals surface area (Å²) in [7, 11) is 0. The Hall–Kier alpha value is -3.00. The highest BCUT2D eigenvalue weighted by atomic mass is 32.2. The van der Waals surface area contributed by atoms with Crippen LogP contribution in [0, 0.1) is 0 Å². The maximum atomic E-state index is 13.1. The van der Waals surface area contributed by atoms with E-state index in [2.05, 4.69) is 19.9 Å². The number of hydrogen-bond acceptors (Lipinski definition) is 10. The second-order valence-electron chi connectivity index (χ2n) is 5.66. The fraction of sp³-hybridized carbons (Fsp3) is 0.294. The van der Waals surface area contributed by atoms with Crippen molar-refractivity contribution in [3.8, 4) is 5.69 Å². The van der Waals surface area contributed by atoms with E-state index in [-0.39, 0.29) is 39.5 Å². The summed E-state index contributed by atoms with van der Waals surface area (Å²) in [6.07, 6.45) is -4.58. The Morgan fingerprint density at radius 2 is 1.77 bits per heavy atom. The fourth-order valence-corrected chi connectivity index (χ4v) is 4.07. The minimum absolute atomic E-state index is 0.00975. The van der Waals surface area contributed by atoms with Gasteiger partial charge in [0, 0.05) is 0 Å². The molecule has 0 saturated carbocycles. The Morgan fingerprint density at radius 3 is 2.42 bits per heavy atom.